The van der Waals surface area contributed by atoms with Crippen LogP contribution in [0.2, 0.25) is 0 Å². The summed E-state index contributed by atoms with van der Waals surface area (Å²) < 4.78 is 11.2. The number of carbonyl (C=O) groups is 2. The van der Waals surface area contributed by atoms with Gasteiger partial charge in [0.05, 0.1) is 12.2 Å². The Labute approximate surface area is 159 Å². The molecule has 2 aromatic carbocycles. The van der Waals surface area contributed by atoms with Gasteiger partial charge in [-0.2, -0.15) is 0 Å². The van der Waals surface area contributed by atoms with Crippen molar-refractivity contribution in [3.8, 4) is 0 Å². The fraction of sp³-hybridized carbons (Fsp3) is 0.150. The van der Waals surface area contributed by atoms with E-state index in [1.165, 1.54) is 0 Å². The highest BCUT2D eigenvalue weighted by atomic mass is 79.9. The summed E-state index contributed by atoms with van der Waals surface area (Å²) in [6.07, 6.45) is 2.39. The highest BCUT2D eigenvalue weighted by Gasteiger charge is 2.24. The molecule has 2 aromatic rings. The van der Waals surface area contributed by atoms with Crippen molar-refractivity contribution in [2.24, 2.45) is 4.99 Å². The van der Waals surface area contributed by atoms with Crippen LogP contribution in [0, 0.1) is 0 Å². The largest absolute Gasteiger partial charge is 0.462 e. The van der Waals surface area contributed by atoms with E-state index in [0.717, 1.165) is 22.0 Å². The highest BCUT2D eigenvalue weighted by molar-refractivity contribution is 9.10. The summed E-state index contributed by atoms with van der Waals surface area (Å²) >= 11 is 3.36. The van der Waals surface area contributed by atoms with Gasteiger partial charge in [0, 0.05) is 10.0 Å². The van der Waals surface area contributed by atoms with Crippen molar-refractivity contribution in [2.75, 3.05) is 6.61 Å². The van der Waals surface area contributed by atoms with Gasteiger partial charge >= 0.3 is 11.9 Å². The molecule has 3 rings (SSSR count). The second-order valence-corrected chi connectivity index (χ2v) is 6.52. The molecule has 6 heteroatoms. The minimum atomic E-state index is -0.505. The Kier molecular flexibility index (Phi) is 5.63. The summed E-state index contributed by atoms with van der Waals surface area (Å²) in [6, 6.07) is 14.1. The third-order valence-electron chi connectivity index (χ3n) is 3.60. The van der Waals surface area contributed by atoms with Crippen molar-refractivity contribution < 1.29 is 19.1 Å². The van der Waals surface area contributed by atoms with Crippen LogP contribution in [0.1, 0.15) is 34.8 Å². The first kappa shape index (κ1) is 18.1. The smallest absolute Gasteiger partial charge is 0.363 e. The van der Waals surface area contributed by atoms with Gasteiger partial charge in [0.15, 0.2) is 5.70 Å². The molecule has 0 N–H and O–H groups in total. The first-order chi connectivity index (χ1) is 12.6. The molecule has 1 heterocycles. The molecule has 132 valence electrons. The third-order valence-corrected chi connectivity index (χ3v) is 4.13. The van der Waals surface area contributed by atoms with Crippen molar-refractivity contribution in [3.63, 3.8) is 0 Å². The number of hydrogen-bond donors (Lipinski definition) is 0. The van der Waals surface area contributed by atoms with Gasteiger partial charge < -0.3 is 9.47 Å². The monoisotopic (exact) mass is 413 g/mol. The molecule has 0 saturated carbocycles. The highest BCUT2D eigenvalue weighted by Crippen LogP contribution is 2.20. The number of hydrogen-bond acceptors (Lipinski definition) is 5. The zero-order valence-electron chi connectivity index (χ0n) is 14.1. The Morgan fingerprint density at radius 1 is 1.15 bits per heavy atom. The molecule has 1 aliphatic rings. The quantitative estimate of drug-likeness (QED) is 0.539. The molecule has 0 amide bonds. The Bertz CT molecular complexity index is 883. The van der Waals surface area contributed by atoms with Crippen LogP contribution in [0.25, 0.3) is 6.08 Å². The normalized spacial score (nSPS) is 14.9. The van der Waals surface area contributed by atoms with Crippen LogP contribution < -0.4 is 0 Å². The Hall–Kier alpha value is -2.73. The number of cyclic esters (lactones) is 1. The number of rotatable bonds is 5. The lowest BCUT2D eigenvalue weighted by Gasteiger charge is -2.03. The van der Waals surface area contributed by atoms with Gasteiger partial charge in [0.1, 0.15) is 0 Å². The van der Waals surface area contributed by atoms with Crippen molar-refractivity contribution in [2.45, 2.75) is 13.3 Å². The van der Waals surface area contributed by atoms with Crippen LogP contribution in [0.3, 0.4) is 0 Å². The molecule has 1 aliphatic heterocycles. The minimum absolute atomic E-state index is 0.212. The maximum Gasteiger partial charge on any atom is 0.363 e. The molecule has 0 unspecified atom stereocenters. The first-order valence-electron chi connectivity index (χ1n) is 8.12. The van der Waals surface area contributed by atoms with Crippen LogP contribution in [0.15, 0.2) is 63.7 Å². The average molecular weight is 414 g/mol. The van der Waals surface area contributed by atoms with E-state index in [-0.39, 0.29) is 17.6 Å². The van der Waals surface area contributed by atoms with Gasteiger partial charge in [-0.25, -0.2) is 14.6 Å². The summed E-state index contributed by atoms with van der Waals surface area (Å²) in [5.41, 5.74) is 2.14. The Morgan fingerprint density at radius 3 is 2.50 bits per heavy atom. The molecular formula is C20H16BrNO4. The van der Waals surface area contributed by atoms with Gasteiger partial charge in [0.25, 0.3) is 0 Å². The van der Waals surface area contributed by atoms with E-state index in [4.69, 9.17) is 9.47 Å². The SMILES string of the molecule is CCCOC(=O)c1ccc(/C=C2\N=C(c3ccc(Br)cc3)OC2=O)cc1. The predicted molar refractivity (Wildman–Crippen MR) is 102 cm³/mol. The van der Waals surface area contributed by atoms with Crippen molar-refractivity contribution in [3.05, 3.63) is 75.4 Å². The molecule has 0 aliphatic carbocycles. The molecule has 0 atom stereocenters. The Balaban J connectivity index is 1.77. The van der Waals surface area contributed by atoms with Crippen molar-refractivity contribution in [1.29, 1.82) is 0 Å². The van der Waals surface area contributed by atoms with Crippen molar-refractivity contribution >= 4 is 39.8 Å². The summed E-state index contributed by atoms with van der Waals surface area (Å²) in [5, 5.41) is 0. The second kappa shape index (κ2) is 8.10. The third kappa shape index (κ3) is 4.26. The molecule has 0 bridgehead atoms. The molecule has 0 saturated heterocycles. The summed E-state index contributed by atoms with van der Waals surface area (Å²) in [4.78, 5) is 28.1. The number of halogens is 1. The van der Waals surface area contributed by atoms with E-state index in [2.05, 4.69) is 20.9 Å². The van der Waals surface area contributed by atoms with Crippen LogP contribution >= 0.6 is 15.9 Å². The lowest BCUT2D eigenvalue weighted by atomic mass is 10.1. The molecule has 5 nitrogen and oxygen atoms in total. The van der Waals surface area contributed by atoms with Crippen molar-refractivity contribution in [1.82, 2.24) is 0 Å². The van der Waals surface area contributed by atoms with Gasteiger partial charge in [-0.3, -0.25) is 0 Å². The van der Waals surface area contributed by atoms with E-state index in [1.54, 1.807) is 30.3 Å². The van der Waals surface area contributed by atoms with Gasteiger partial charge in [-0.15, -0.1) is 0 Å². The maximum atomic E-state index is 12.0. The standard InChI is InChI=1S/C20H16BrNO4/c1-2-11-25-19(23)15-5-3-13(4-6-15)12-17-20(24)26-18(22-17)14-7-9-16(21)10-8-14/h3-10,12H,2,11H2,1H3/b17-12-. The number of ether oxygens (including phenoxy) is 2. The number of aliphatic imine (C=N–C) groups is 1. The topological polar surface area (TPSA) is 65.0 Å². The molecule has 0 aromatic heterocycles. The van der Waals surface area contributed by atoms with Gasteiger partial charge in [-0.1, -0.05) is 35.0 Å². The Morgan fingerprint density at radius 2 is 1.85 bits per heavy atom. The van der Waals surface area contributed by atoms with E-state index >= 15 is 0 Å². The molecule has 0 fully saturated rings. The molecule has 26 heavy (non-hydrogen) atoms. The number of benzene rings is 2. The molecular weight excluding hydrogens is 398 g/mol. The molecule has 0 spiro atoms. The van der Waals surface area contributed by atoms with Gasteiger partial charge in [-0.05, 0) is 54.5 Å². The summed E-state index contributed by atoms with van der Waals surface area (Å²) in [5.74, 6) is -0.593. The second-order valence-electron chi connectivity index (χ2n) is 5.60. The number of esters is 2. The van der Waals surface area contributed by atoms with Gasteiger partial charge in [0.2, 0.25) is 5.90 Å². The van der Waals surface area contributed by atoms with E-state index in [1.807, 2.05) is 31.2 Å². The fourth-order valence-electron chi connectivity index (χ4n) is 2.28. The zero-order valence-corrected chi connectivity index (χ0v) is 15.7. The lowest BCUT2D eigenvalue weighted by Crippen LogP contribution is -2.05. The zero-order chi connectivity index (χ0) is 18.5. The van der Waals surface area contributed by atoms with Crippen LogP contribution in [-0.2, 0) is 14.3 Å². The summed E-state index contributed by atoms with van der Waals surface area (Å²) in [7, 11) is 0. The lowest BCUT2D eigenvalue weighted by molar-refractivity contribution is -0.129. The summed E-state index contributed by atoms with van der Waals surface area (Å²) in [6.45, 7) is 2.33. The fourth-order valence-corrected chi connectivity index (χ4v) is 2.54. The van der Waals surface area contributed by atoms with Crippen LogP contribution in [0.5, 0.6) is 0 Å². The van der Waals surface area contributed by atoms with E-state index in [9.17, 15) is 9.59 Å². The van der Waals surface area contributed by atoms with E-state index < -0.39 is 5.97 Å². The molecule has 0 radical (unpaired) electrons. The maximum absolute atomic E-state index is 12.0. The number of carbonyl (C=O) groups excluding carboxylic acids is 2. The predicted octanol–water partition coefficient (Wildman–Crippen LogP) is 4.36. The van der Waals surface area contributed by atoms with E-state index in [0.29, 0.717) is 12.2 Å². The van der Waals surface area contributed by atoms with Crippen LogP contribution in [0.4, 0.5) is 0 Å². The first-order valence-corrected chi connectivity index (χ1v) is 8.92. The minimum Gasteiger partial charge on any atom is -0.462 e. The van der Waals surface area contributed by atoms with Crippen LogP contribution in [-0.4, -0.2) is 24.4 Å². The average Bonchev–Trinajstić information content (AvgIpc) is 3.01. The number of nitrogens with zero attached hydrogens (tertiary/aromatic N) is 1.